The minimum absolute atomic E-state index is 0.225. The fraction of sp³-hybridized carbons (Fsp3) is 0.455. The maximum atomic E-state index is 9.30. The summed E-state index contributed by atoms with van der Waals surface area (Å²) in [7, 11) is 0. The SMILES string of the molecule is CC(O)C(C)Oc1ccc(Br)c(CN)c1. The molecule has 0 heterocycles. The van der Waals surface area contributed by atoms with Crippen LogP contribution in [0.4, 0.5) is 0 Å². The highest BCUT2D eigenvalue weighted by molar-refractivity contribution is 9.10. The second-order valence-electron chi connectivity index (χ2n) is 3.52. The van der Waals surface area contributed by atoms with Crippen LogP contribution in [0.1, 0.15) is 19.4 Å². The molecule has 84 valence electrons. The molecule has 2 atom stereocenters. The molecule has 0 aromatic heterocycles. The smallest absolute Gasteiger partial charge is 0.121 e. The van der Waals surface area contributed by atoms with Crippen LogP contribution in [0, 0.1) is 0 Å². The van der Waals surface area contributed by atoms with E-state index in [9.17, 15) is 5.11 Å². The molecule has 3 nitrogen and oxygen atoms in total. The van der Waals surface area contributed by atoms with Crippen molar-refractivity contribution in [3.8, 4) is 5.75 Å². The fourth-order valence-electron chi connectivity index (χ4n) is 1.09. The molecule has 0 spiro atoms. The predicted octanol–water partition coefficient (Wildman–Crippen LogP) is 2.06. The van der Waals surface area contributed by atoms with Crippen LogP contribution < -0.4 is 10.5 Å². The lowest BCUT2D eigenvalue weighted by molar-refractivity contribution is 0.0604. The van der Waals surface area contributed by atoms with Gasteiger partial charge >= 0.3 is 0 Å². The summed E-state index contributed by atoms with van der Waals surface area (Å²) in [5.74, 6) is 0.729. The number of hydrogen-bond donors (Lipinski definition) is 2. The Balaban J connectivity index is 2.78. The number of benzene rings is 1. The van der Waals surface area contributed by atoms with E-state index in [1.807, 2.05) is 25.1 Å². The molecule has 2 unspecified atom stereocenters. The Morgan fingerprint density at radius 3 is 2.67 bits per heavy atom. The molecule has 4 heteroatoms. The predicted molar refractivity (Wildman–Crippen MR) is 63.8 cm³/mol. The molecule has 1 aromatic carbocycles. The van der Waals surface area contributed by atoms with Crippen LogP contribution in [-0.4, -0.2) is 17.3 Å². The zero-order valence-electron chi connectivity index (χ0n) is 8.90. The lowest BCUT2D eigenvalue weighted by Gasteiger charge is -2.17. The first kappa shape index (κ1) is 12.5. The van der Waals surface area contributed by atoms with Crippen molar-refractivity contribution in [2.45, 2.75) is 32.6 Å². The molecule has 0 saturated carbocycles. The minimum atomic E-state index is -0.491. The van der Waals surface area contributed by atoms with Gasteiger partial charge in [-0.3, -0.25) is 0 Å². The summed E-state index contributed by atoms with van der Waals surface area (Å²) in [6.45, 7) is 3.99. The van der Waals surface area contributed by atoms with E-state index in [4.69, 9.17) is 10.5 Å². The van der Waals surface area contributed by atoms with Crippen molar-refractivity contribution < 1.29 is 9.84 Å². The molecule has 1 aromatic rings. The summed E-state index contributed by atoms with van der Waals surface area (Å²) in [6, 6.07) is 5.62. The van der Waals surface area contributed by atoms with E-state index in [0.717, 1.165) is 15.8 Å². The zero-order chi connectivity index (χ0) is 11.4. The second kappa shape index (κ2) is 5.49. The molecule has 15 heavy (non-hydrogen) atoms. The van der Waals surface area contributed by atoms with Crippen molar-refractivity contribution >= 4 is 15.9 Å². The van der Waals surface area contributed by atoms with Crippen molar-refractivity contribution in [1.29, 1.82) is 0 Å². The highest BCUT2D eigenvalue weighted by Crippen LogP contribution is 2.23. The van der Waals surface area contributed by atoms with Crippen LogP contribution in [0.25, 0.3) is 0 Å². The van der Waals surface area contributed by atoms with E-state index < -0.39 is 6.10 Å². The summed E-state index contributed by atoms with van der Waals surface area (Å²) >= 11 is 3.40. The maximum absolute atomic E-state index is 9.30. The maximum Gasteiger partial charge on any atom is 0.121 e. The first-order valence-corrected chi connectivity index (χ1v) is 5.67. The topological polar surface area (TPSA) is 55.5 Å². The summed E-state index contributed by atoms with van der Waals surface area (Å²) in [4.78, 5) is 0. The fourth-order valence-corrected chi connectivity index (χ4v) is 1.50. The van der Waals surface area contributed by atoms with E-state index in [1.54, 1.807) is 6.92 Å². The molecular weight excluding hydrogens is 258 g/mol. The monoisotopic (exact) mass is 273 g/mol. The van der Waals surface area contributed by atoms with Gasteiger partial charge in [0.05, 0.1) is 6.10 Å². The van der Waals surface area contributed by atoms with Gasteiger partial charge in [-0.15, -0.1) is 0 Å². The highest BCUT2D eigenvalue weighted by atomic mass is 79.9. The quantitative estimate of drug-likeness (QED) is 0.883. The third kappa shape index (κ3) is 3.48. The van der Waals surface area contributed by atoms with Gasteiger partial charge in [0.1, 0.15) is 11.9 Å². The summed E-state index contributed by atoms with van der Waals surface area (Å²) in [5, 5.41) is 9.30. The number of hydrogen-bond acceptors (Lipinski definition) is 3. The van der Waals surface area contributed by atoms with E-state index in [2.05, 4.69) is 15.9 Å². The van der Waals surface area contributed by atoms with Gasteiger partial charge in [-0.25, -0.2) is 0 Å². The van der Waals surface area contributed by atoms with Gasteiger partial charge in [-0.1, -0.05) is 15.9 Å². The summed E-state index contributed by atoms with van der Waals surface area (Å²) < 4.78 is 6.52. The summed E-state index contributed by atoms with van der Waals surface area (Å²) in [6.07, 6.45) is -0.716. The molecule has 1 rings (SSSR count). The molecule has 0 amide bonds. The van der Waals surface area contributed by atoms with Crippen LogP contribution in [-0.2, 0) is 6.54 Å². The molecule has 0 aliphatic heterocycles. The van der Waals surface area contributed by atoms with Crippen molar-refractivity contribution in [2.24, 2.45) is 5.73 Å². The molecule has 3 N–H and O–H groups in total. The Hall–Kier alpha value is -0.580. The highest BCUT2D eigenvalue weighted by Gasteiger charge is 2.10. The lowest BCUT2D eigenvalue weighted by atomic mass is 10.2. The normalized spacial score (nSPS) is 14.7. The average molecular weight is 274 g/mol. The molecule has 0 radical (unpaired) electrons. The third-order valence-electron chi connectivity index (χ3n) is 2.24. The Labute approximate surface area is 98.4 Å². The Morgan fingerprint density at radius 2 is 2.13 bits per heavy atom. The van der Waals surface area contributed by atoms with Gasteiger partial charge in [-0.2, -0.15) is 0 Å². The van der Waals surface area contributed by atoms with Gasteiger partial charge in [0.2, 0.25) is 0 Å². The molecule has 0 bridgehead atoms. The van der Waals surface area contributed by atoms with Crippen LogP contribution >= 0.6 is 15.9 Å². The van der Waals surface area contributed by atoms with Crippen LogP contribution in [0.15, 0.2) is 22.7 Å². The standard InChI is InChI=1S/C11H16BrNO2/c1-7(14)8(2)15-10-3-4-11(12)9(5-10)6-13/h3-5,7-8,14H,6,13H2,1-2H3. The van der Waals surface area contributed by atoms with Gasteiger partial charge in [0.15, 0.2) is 0 Å². The largest absolute Gasteiger partial charge is 0.488 e. The number of rotatable bonds is 4. The van der Waals surface area contributed by atoms with E-state index in [0.29, 0.717) is 6.54 Å². The van der Waals surface area contributed by atoms with Crippen molar-refractivity contribution in [3.63, 3.8) is 0 Å². The Bertz CT molecular complexity index is 328. The van der Waals surface area contributed by atoms with Gasteiger partial charge in [-0.05, 0) is 37.6 Å². The molecule has 0 saturated heterocycles. The second-order valence-corrected chi connectivity index (χ2v) is 4.38. The molecule has 0 fully saturated rings. The number of nitrogens with two attached hydrogens (primary N) is 1. The third-order valence-corrected chi connectivity index (χ3v) is 3.01. The first-order valence-electron chi connectivity index (χ1n) is 4.87. The van der Waals surface area contributed by atoms with E-state index in [-0.39, 0.29) is 6.10 Å². The van der Waals surface area contributed by atoms with Crippen molar-refractivity contribution in [3.05, 3.63) is 28.2 Å². The molecule has 0 aliphatic carbocycles. The molecular formula is C11H16BrNO2. The molecule has 0 aliphatic rings. The first-order chi connectivity index (χ1) is 7.04. The van der Waals surface area contributed by atoms with E-state index in [1.165, 1.54) is 0 Å². The zero-order valence-corrected chi connectivity index (χ0v) is 10.5. The summed E-state index contributed by atoms with van der Waals surface area (Å²) in [5.41, 5.74) is 6.57. The van der Waals surface area contributed by atoms with Crippen LogP contribution in [0.2, 0.25) is 0 Å². The average Bonchev–Trinajstić information content (AvgIpc) is 2.20. The number of halogens is 1. The number of ether oxygens (including phenoxy) is 1. The minimum Gasteiger partial charge on any atom is -0.488 e. The number of aliphatic hydroxyl groups excluding tert-OH is 1. The van der Waals surface area contributed by atoms with Crippen molar-refractivity contribution in [2.75, 3.05) is 0 Å². The van der Waals surface area contributed by atoms with E-state index >= 15 is 0 Å². The van der Waals surface area contributed by atoms with Crippen LogP contribution in [0.3, 0.4) is 0 Å². The Kier molecular flexibility index (Phi) is 4.57. The van der Waals surface area contributed by atoms with Gasteiger partial charge < -0.3 is 15.6 Å². The van der Waals surface area contributed by atoms with Gasteiger partial charge in [0, 0.05) is 11.0 Å². The lowest BCUT2D eigenvalue weighted by Crippen LogP contribution is -2.25. The van der Waals surface area contributed by atoms with Crippen LogP contribution in [0.5, 0.6) is 5.75 Å². The van der Waals surface area contributed by atoms with Crippen molar-refractivity contribution in [1.82, 2.24) is 0 Å². The number of aliphatic hydroxyl groups is 1. The Morgan fingerprint density at radius 1 is 1.47 bits per heavy atom. The van der Waals surface area contributed by atoms with Gasteiger partial charge in [0.25, 0.3) is 0 Å².